The summed E-state index contributed by atoms with van der Waals surface area (Å²) in [5, 5.41) is 2.69. The smallest absolute Gasteiger partial charge is 0.305 e. The van der Waals surface area contributed by atoms with Crippen molar-refractivity contribution in [3.63, 3.8) is 0 Å². The number of furan rings is 1. The molecule has 0 fully saturated rings. The van der Waals surface area contributed by atoms with E-state index in [4.69, 9.17) is 16.0 Å². The molecule has 3 amide bonds. The van der Waals surface area contributed by atoms with Gasteiger partial charge >= 0.3 is 5.91 Å². The largest absolute Gasteiger partial charge is 0.459 e. The van der Waals surface area contributed by atoms with Crippen molar-refractivity contribution in [2.75, 3.05) is 6.54 Å². The number of carbonyl (C=O) groups is 3. The summed E-state index contributed by atoms with van der Waals surface area (Å²) in [7, 11) is 0. The quantitative estimate of drug-likeness (QED) is 0.710. The second-order valence-electron chi connectivity index (χ2n) is 4.02. The van der Waals surface area contributed by atoms with E-state index in [0.29, 0.717) is 5.02 Å². The average Bonchev–Trinajstić information content (AvgIpc) is 3.04. The van der Waals surface area contributed by atoms with Crippen LogP contribution in [0.2, 0.25) is 5.02 Å². The molecule has 0 aromatic carbocycles. The highest BCUT2D eigenvalue weighted by atomic mass is 35.5. The maximum absolute atomic E-state index is 11.7. The van der Waals surface area contributed by atoms with Crippen molar-refractivity contribution in [1.29, 1.82) is 0 Å². The molecule has 9 heteroatoms. The van der Waals surface area contributed by atoms with Gasteiger partial charge in [-0.2, -0.15) is 0 Å². The van der Waals surface area contributed by atoms with Gasteiger partial charge in [0.2, 0.25) is 0 Å². The molecular weight excluding hydrogens is 312 g/mol. The van der Waals surface area contributed by atoms with E-state index >= 15 is 0 Å². The summed E-state index contributed by atoms with van der Waals surface area (Å²) in [4.78, 5) is 38.5. The maximum atomic E-state index is 11.7. The van der Waals surface area contributed by atoms with E-state index in [1.54, 1.807) is 0 Å². The molecule has 2 rings (SSSR count). The topological polar surface area (TPSA) is 113 Å². The van der Waals surface area contributed by atoms with Gasteiger partial charge in [-0.15, -0.1) is 0 Å². The van der Waals surface area contributed by atoms with Crippen LogP contribution in [0.1, 0.15) is 21.0 Å². The molecule has 0 radical (unpaired) electrons. The van der Waals surface area contributed by atoms with Gasteiger partial charge < -0.3 is 9.73 Å². The molecule has 0 aliphatic carbocycles. The minimum Gasteiger partial charge on any atom is -0.459 e. The molecule has 22 heavy (non-hydrogen) atoms. The van der Waals surface area contributed by atoms with Gasteiger partial charge in [-0.05, 0) is 24.3 Å². The van der Waals surface area contributed by atoms with Crippen LogP contribution < -0.4 is 16.2 Å². The van der Waals surface area contributed by atoms with E-state index in [1.807, 2.05) is 0 Å². The Bertz CT molecular complexity index is 687. The zero-order chi connectivity index (χ0) is 15.9. The van der Waals surface area contributed by atoms with Gasteiger partial charge in [0.05, 0.1) is 12.8 Å². The molecule has 0 aliphatic heterocycles. The predicted octanol–water partition coefficient (Wildman–Crippen LogP) is 0.519. The molecule has 2 aromatic rings. The van der Waals surface area contributed by atoms with Crippen molar-refractivity contribution in [2.24, 2.45) is 0 Å². The number of rotatable bonds is 4. The third-order valence-corrected chi connectivity index (χ3v) is 2.66. The normalized spacial score (nSPS) is 9.86. The number of carbonyl (C=O) groups excluding carboxylic acids is 3. The fourth-order valence-corrected chi connectivity index (χ4v) is 1.58. The van der Waals surface area contributed by atoms with Crippen molar-refractivity contribution >= 4 is 29.3 Å². The van der Waals surface area contributed by atoms with Crippen LogP contribution in [0.4, 0.5) is 0 Å². The lowest BCUT2D eigenvalue weighted by Crippen LogP contribution is -2.46. The minimum absolute atomic E-state index is 0.0486. The Morgan fingerprint density at radius 2 is 2.00 bits per heavy atom. The fourth-order valence-electron chi connectivity index (χ4n) is 1.42. The number of hydrogen-bond acceptors (Lipinski definition) is 5. The Morgan fingerprint density at radius 1 is 1.18 bits per heavy atom. The minimum atomic E-state index is -0.615. The Morgan fingerprint density at radius 3 is 2.68 bits per heavy atom. The van der Waals surface area contributed by atoms with Gasteiger partial charge in [0.25, 0.3) is 11.8 Å². The molecule has 0 saturated heterocycles. The highest BCUT2D eigenvalue weighted by molar-refractivity contribution is 6.30. The van der Waals surface area contributed by atoms with Crippen LogP contribution in [0.25, 0.3) is 0 Å². The summed E-state index contributed by atoms with van der Waals surface area (Å²) in [5.41, 5.74) is 4.35. The van der Waals surface area contributed by atoms with Crippen LogP contribution in [-0.2, 0) is 4.79 Å². The van der Waals surface area contributed by atoms with Crippen molar-refractivity contribution in [1.82, 2.24) is 21.2 Å². The van der Waals surface area contributed by atoms with Crippen LogP contribution in [0.3, 0.4) is 0 Å². The SMILES string of the molecule is O=C(CNC(=O)c1cc(Cl)ccn1)NNC(=O)c1ccco1. The zero-order valence-corrected chi connectivity index (χ0v) is 11.9. The first-order valence-corrected chi connectivity index (χ1v) is 6.46. The number of aromatic nitrogens is 1. The van der Waals surface area contributed by atoms with Gasteiger partial charge in [-0.3, -0.25) is 30.2 Å². The average molecular weight is 323 g/mol. The molecule has 2 heterocycles. The molecule has 0 spiro atoms. The summed E-state index contributed by atoms with van der Waals surface area (Å²) in [5.74, 6) is -1.74. The molecule has 2 aromatic heterocycles. The first kappa shape index (κ1) is 15.5. The fraction of sp³-hybridized carbons (Fsp3) is 0.0769. The number of halogens is 1. The number of hydrazine groups is 1. The van der Waals surface area contributed by atoms with Crippen LogP contribution >= 0.6 is 11.6 Å². The van der Waals surface area contributed by atoms with E-state index in [1.165, 1.54) is 36.7 Å². The number of pyridine rings is 1. The van der Waals surface area contributed by atoms with Crippen molar-refractivity contribution < 1.29 is 18.8 Å². The number of amides is 3. The second kappa shape index (κ2) is 7.23. The molecule has 0 atom stereocenters. The third-order valence-electron chi connectivity index (χ3n) is 2.42. The van der Waals surface area contributed by atoms with Crippen molar-refractivity contribution in [2.45, 2.75) is 0 Å². The van der Waals surface area contributed by atoms with Gasteiger partial charge in [0.15, 0.2) is 5.76 Å². The molecule has 0 unspecified atom stereocenters. The van der Waals surface area contributed by atoms with Crippen LogP contribution in [0.15, 0.2) is 41.1 Å². The van der Waals surface area contributed by atoms with E-state index in [0.717, 1.165) is 0 Å². The van der Waals surface area contributed by atoms with Crippen LogP contribution in [0.5, 0.6) is 0 Å². The lowest BCUT2D eigenvalue weighted by atomic mass is 10.3. The molecule has 0 aliphatic rings. The maximum Gasteiger partial charge on any atom is 0.305 e. The summed E-state index contributed by atoms with van der Waals surface area (Å²) >= 11 is 5.73. The van der Waals surface area contributed by atoms with E-state index in [-0.39, 0.29) is 18.0 Å². The lowest BCUT2D eigenvalue weighted by molar-refractivity contribution is -0.120. The van der Waals surface area contributed by atoms with Gasteiger partial charge in [0, 0.05) is 11.2 Å². The van der Waals surface area contributed by atoms with E-state index in [2.05, 4.69) is 21.2 Å². The third kappa shape index (κ3) is 4.32. The van der Waals surface area contributed by atoms with Gasteiger partial charge in [0.1, 0.15) is 5.69 Å². The number of nitrogens with one attached hydrogen (secondary N) is 3. The molecule has 0 bridgehead atoms. The summed E-state index contributed by atoms with van der Waals surface area (Å²) < 4.78 is 4.84. The van der Waals surface area contributed by atoms with Crippen LogP contribution in [-0.4, -0.2) is 29.3 Å². The first-order chi connectivity index (χ1) is 10.6. The predicted molar refractivity (Wildman–Crippen MR) is 75.9 cm³/mol. The van der Waals surface area contributed by atoms with Crippen molar-refractivity contribution in [3.05, 3.63) is 53.2 Å². The van der Waals surface area contributed by atoms with E-state index in [9.17, 15) is 14.4 Å². The monoisotopic (exact) mass is 322 g/mol. The van der Waals surface area contributed by atoms with Crippen LogP contribution in [0, 0.1) is 0 Å². The zero-order valence-electron chi connectivity index (χ0n) is 11.1. The summed E-state index contributed by atoms with van der Waals surface area (Å²) in [6.45, 7) is -0.342. The molecular formula is C13H11ClN4O4. The molecule has 114 valence electrons. The standard InChI is InChI=1S/C13H11ClN4O4/c14-8-3-4-15-9(6-8)12(20)16-7-11(19)17-18-13(21)10-2-1-5-22-10/h1-6H,7H2,(H,16,20)(H,17,19)(H,18,21). The Kier molecular flexibility index (Phi) is 5.10. The second-order valence-corrected chi connectivity index (χ2v) is 4.46. The Hall–Kier alpha value is -2.87. The molecule has 3 N–H and O–H groups in total. The number of nitrogens with zero attached hydrogens (tertiary/aromatic N) is 1. The highest BCUT2D eigenvalue weighted by Crippen LogP contribution is 2.07. The molecule has 8 nitrogen and oxygen atoms in total. The lowest BCUT2D eigenvalue weighted by Gasteiger charge is -2.07. The number of hydrogen-bond donors (Lipinski definition) is 3. The van der Waals surface area contributed by atoms with Crippen molar-refractivity contribution in [3.8, 4) is 0 Å². The Labute approximate surface area is 129 Å². The van der Waals surface area contributed by atoms with E-state index < -0.39 is 17.7 Å². The summed E-state index contributed by atoms with van der Waals surface area (Å²) in [6, 6.07) is 5.87. The van der Waals surface area contributed by atoms with Gasteiger partial charge in [-0.25, -0.2) is 0 Å². The summed E-state index contributed by atoms with van der Waals surface area (Å²) in [6.07, 6.45) is 2.70. The van der Waals surface area contributed by atoms with Gasteiger partial charge in [-0.1, -0.05) is 11.6 Å². The Balaban J connectivity index is 1.76. The molecule has 0 saturated carbocycles. The first-order valence-electron chi connectivity index (χ1n) is 6.08. The highest BCUT2D eigenvalue weighted by Gasteiger charge is 2.12.